The molecule has 0 spiro atoms. The number of aromatic nitrogens is 5. The summed E-state index contributed by atoms with van der Waals surface area (Å²) in [5.41, 5.74) is 3.13. The van der Waals surface area contributed by atoms with Crippen molar-refractivity contribution >= 4 is 30.7 Å². The number of piperidine rings is 1. The average molecular weight is 671 g/mol. The molecule has 10 nitrogen and oxygen atoms in total. The largest absolute Gasteiger partial charge is 0.361 e. The fraction of sp³-hybridized carbons (Fsp3) is 0.528. The molecule has 0 radical (unpaired) electrons. The molecular weight excluding hydrogens is 624 g/mol. The number of aryl methyl sites for hydroxylation is 1. The number of amides is 1. The van der Waals surface area contributed by atoms with Crippen LogP contribution in [0.25, 0.3) is 11.0 Å². The van der Waals surface area contributed by atoms with Crippen molar-refractivity contribution in [2.24, 2.45) is 18.9 Å². The van der Waals surface area contributed by atoms with Crippen molar-refractivity contribution in [1.82, 2.24) is 29.2 Å². The number of benzene rings is 1. The molecule has 12 heteroatoms. The lowest BCUT2D eigenvalue weighted by molar-refractivity contribution is 0.0896. The zero-order chi connectivity index (χ0) is 34.1. The molecule has 2 fully saturated rings. The lowest BCUT2D eigenvalue weighted by Crippen LogP contribution is -2.44. The van der Waals surface area contributed by atoms with Crippen molar-refractivity contribution in [1.29, 1.82) is 5.26 Å². The smallest absolute Gasteiger partial charge is 0.274 e. The minimum absolute atomic E-state index is 0.171. The third-order valence-electron chi connectivity index (χ3n) is 9.92. The lowest BCUT2D eigenvalue weighted by Gasteiger charge is -2.46. The molecule has 6 rings (SSSR count). The molecule has 3 aromatic heterocycles. The Morgan fingerprint density at radius 1 is 1.25 bits per heavy atom. The molecule has 1 aliphatic carbocycles. The average Bonchev–Trinajstić information content (AvgIpc) is 3.59. The van der Waals surface area contributed by atoms with Gasteiger partial charge in [-0.1, -0.05) is 38.7 Å². The molecule has 1 atom stereocenters. The Hall–Kier alpha value is -3.92. The van der Waals surface area contributed by atoms with Crippen LogP contribution in [0, 0.1) is 29.0 Å². The number of halogens is 1. The van der Waals surface area contributed by atoms with E-state index in [2.05, 4.69) is 58.0 Å². The number of anilines is 1. The van der Waals surface area contributed by atoms with Crippen LogP contribution in [-0.2, 0) is 30.5 Å². The number of hydrogen-bond donors (Lipinski definition) is 1. The summed E-state index contributed by atoms with van der Waals surface area (Å²) < 4.78 is 25.3. The van der Waals surface area contributed by atoms with Gasteiger partial charge >= 0.3 is 0 Å². The maximum Gasteiger partial charge on any atom is 0.274 e. The molecule has 0 unspecified atom stereocenters. The molecule has 2 aliphatic rings. The van der Waals surface area contributed by atoms with Gasteiger partial charge in [0.2, 0.25) is 0 Å². The fourth-order valence-electron chi connectivity index (χ4n) is 7.44. The van der Waals surface area contributed by atoms with Crippen molar-refractivity contribution in [2.75, 3.05) is 25.0 Å². The van der Waals surface area contributed by atoms with E-state index in [1.54, 1.807) is 10.9 Å². The summed E-state index contributed by atoms with van der Waals surface area (Å²) in [6.45, 7) is 12.6. The van der Waals surface area contributed by atoms with Gasteiger partial charge in [-0.15, -0.1) is 10.2 Å². The van der Waals surface area contributed by atoms with Crippen molar-refractivity contribution in [3.05, 3.63) is 71.3 Å². The number of fused-ring (bicyclic) bond motifs is 1. The first-order valence-electron chi connectivity index (χ1n) is 17.1. The van der Waals surface area contributed by atoms with Crippen LogP contribution in [0.15, 0.2) is 42.9 Å². The highest BCUT2D eigenvalue weighted by atomic mass is 28.3. The Labute approximate surface area is 283 Å². The maximum atomic E-state index is 15.6. The third-order valence-corrected chi connectivity index (χ3v) is 11.6. The molecule has 254 valence electrons. The van der Waals surface area contributed by atoms with E-state index in [4.69, 9.17) is 4.74 Å². The van der Waals surface area contributed by atoms with Gasteiger partial charge in [-0.05, 0) is 79.4 Å². The van der Waals surface area contributed by atoms with Gasteiger partial charge in [0, 0.05) is 53.1 Å². The number of nitriles is 1. The number of carbonyl (C=O) groups is 1. The Kier molecular flexibility index (Phi) is 9.83. The highest BCUT2D eigenvalue weighted by Gasteiger charge is 2.49. The van der Waals surface area contributed by atoms with Crippen LogP contribution in [0.5, 0.6) is 0 Å². The molecule has 1 amide bonds. The normalized spacial score (nSPS) is 21.6. The number of nitrogens with one attached hydrogen (secondary N) is 1. The Balaban J connectivity index is 1.29. The highest BCUT2D eigenvalue weighted by Crippen LogP contribution is 2.53. The van der Waals surface area contributed by atoms with E-state index in [9.17, 15) is 10.1 Å². The van der Waals surface area contributed by atoms with Gasteiger partial charge in [0.05, 0.1) is 17.0 Å². The van der Waals surface area contributed by atoms with Gasteiger partial charge in [-0.2, -0.15) is 5.26 Å². The first-order valence-corrected chi connectivity index (χ1v) is 20.8. The summed E-state index contributed by atoms with van der Waals surface area (Å²) >= 11 is 0. The second-order valence-corrected chi connectivity index (χ2v) is 20.8. The molecule has 1 aliphatic heterocycles. The quantitative estimate of drug-likeness (QED) is 0.132. The van der Waals surface area contributed by atoms with E-state index < -0.39 is 25.2 Å². The molecule has 1 saturated carbocycles. The number of nitrogens with zero attached hydrogens (tertiary/aromatic N) is 7. The Morgan fingerprint density at radius 2 is 2.06 bits per heavy atom. The first kappa shape index (κ1) is 34.0. The van der Waals surface area contributed by atoms with Crippen molar-refractivity contribution in [3.63, 3.8) is 0 Å². The number of likely N-dealkylation sites (tertiary alicyclic amines) is 1. The molecule has 4 aromatic rings. The summed E-state index contributed by atoms with van der Waals surface area (Å²) in [7, 11) is 0.657. The van der Waals surface area contributed by atoms with Gasteiger partial charge in [-0.25, -0.2) is 9.37 Å². The highest BCUT2D eigenvalue weighted by molar-refractivity contribution is 6.76. The van der Waals surface area contributed by atoms with E-state index in [1.807, 2.05) is 41.9 Å². The predicted octanol–water partition coefficient (Wildman–Crippen LogP) is 6.71. The molecule has 1 N–H and O–H groups in total. The van der Waals surface area contributed by atoms with E-state index in [-0.39, 0.29) is 23.9 Å². The number of carbonyl (C=O) groups excluding carboxylic acids is 1. The SMILES string of the molecule is C[C@H]1CCCN(Cc2cc(C(=O)Nc3cccc(C4(c5nncn5C)CC(CC#N)C4)c3)nc3c(F)cn(COCC[Si](C)(C)C)c23)C1. The number of hydrogen-bond acceptors (Lipinski definition) is 7. The fourth-order valence-corrected chi connectivity index (χ4v) is 8.20. The van der Waals surface area contributed by atoms with Crippen molar-refractivity contribution < 1.29 is 13.9 Å². The Bertz CT molecular complexity index is 1820. The molecule has 1 aromatic carbocycles. The van der Waals surface area contributed by atoms with E-state index in [1.165, 1.54) is 12.6 Å². The summed E-state index contributed by atoms with van der Waals surface area (Å²) in [4.78, 5) is 20.8. The minimum Gasteiger partial charge on any atom is -0.361 e. The zero-order valence-corrected chi connectivity index (χ0v) is 29.8. The van der Waals surface area contributed by atoms with Crippen molar-refractivity contribution in [2.45, 2.75) is 83.4 Å². The van der Waals surface area contributed by atoms with Crippen LogP contribution in [0.2, 0.25) is 25.7 Å². The minimum atomic E-state index is -1.27. The summed E-state index contributed by atoms with van der Waals surface area (Å²) in [5.74, 6) is 0.828. The van der Waals surface area contributed by atoms with E-state index in [0.717, 1.165) is 55.3 Å². The lowest BCUT2D eigenvalue weighted by atomic mass is 9.57. The van der Waals surface area contributed by atoms with Crippen LogP contribution in [0.1, 0.15) is 66.5 Å². The summed E-state index contributed by atoms with van der Waals surface area (Å²) in [6.07, 6.45) is 7.49. The Morgan fingerprint density at radius 3 is 2.77 bits per heavy atom. The van der Waals surface area contributed by atoms with Gasteiger partial charge in [0.25, 0.3) is 5.91 Å². The van der Waals surface area contributed by atoms with Crippen LogP contribution < -0.4 is 5.32 Å². The van der Waals surface area contributed by atoms with Gasteiger partial charge in [0.15, 0.2) is 5.82 Å². The molecular formula is C36H47FN8O2Si. The van der Waals surface area contributed by atoms with Gasteiger partial charge < -0.3 is 19.2 Å². The maximum absolute atomic E-state index is 15.6. The summed E-state index contributed by atoms with van der Waals surface area (Å²) in [5, 5.41) is 20.9. The van der Waals surface area contributed by atoms with Gasteiger partial charge in [-0.3, -0.25) is 9.69 Å². The topological polar surface area (TPSA) is 114 Å². The number of rotatable bonds is 12. The van der Waals surface area contributed by atoms with Gasteiger partial charge in [0.1, 0.15) is 30.1 Å². The number of ether oxygens (including phenoxy) is 1. The monoisotopic (exact) mass is 670 g/mol. The molecule has 4 heterocycles. The van der Waals surface area contributed by atoms with Crippen LogP contribution >= 0.6 is 0 Å². The second kappa shape index (κ2) is 13.9. The second-order valence-electron chi connectivity index (χ2n) is 15.2. The van der Waals surface area contributed by atoms with Crippen LogP contribution in [-0.4, -0.2) is 62.9 Å². The standard InChI is InChI=1S/C36H47FN8O2Si/c1-25-8-7-13-44(20-25)21-27-16-31(41-32-30(37)22-45(33(27)32)24-47-14-15-48(3,4)5)34(46)40-29-10-6-9-28(17-29)36(18-26(19-36)11-12-38)35-42-39-23-43(35)2/h6,9-10,16-17,22-23,25-26H,7-8,11,13-15,18-21,24H2,1-5H3,(H,40,46)/t25-,26?,36?/m0/s1. The predicted molar refractivity (Wildman–Crippen MR) is 187 cm³/mol. The van der Waals surface area contributed by atoms with Crippen molar-refractivity contribution in [3.8, 4) is 6.07 Å². The van der Waals surface area contributed by atoms with E-state index >= 15 is 4.39 Å². The molecule has 1 saturated heterocycles. The third kappa shape index (κ3) is 7.23. The number of pyridine rings is 1. The molecule has 0 bridgehead atoms. The summed E-state index contributed by atoms with van der Waals surface area (Å²) in [6, 6.07) is 12.9. The zero-order valence-electron chi connectivity index (χ0n) is 28.8. The van der Waals surface area contributed by atoms with Crippen LogP contribution in [0.4, 0.5) is 10.1 Å². The van der Waals surface area contributed by atoms with Crippen LogP contribution in [0.3, 0.4) is 0 Å². The first-order chi connectivity index (χ1) is 23.0. The molecule has 48 heavy (non-hydrogen) atoms. The van der Waals surface area contributed by atoms with E-state index in [0.29, 0.717) is 36.7 Å².